The molecule has 0 heterocycles. The van der Waals surface area contributed by atoms with Crippen molar-refractivity contribution >= 4 is 0 Å². The van der Waals surface area contributed by atoms with Crippen LogP contribution in [0.15, 0.2) is 30.3 Å². The summed E-state index contributed by atoms with van der Waals surface area (Å²) in [4.78, 5) is 5.21. The van der Waals surface area contributed by atoms with Crippen molar-refractivity contribution < 1.29 is 4.84 Å². The summed E-state index contributed by atoms with van der Waals surface area (Å²) in [6, 6.07) is 10.9. The highest BCUT2D eigenvalue weighted by molar-refractivity contribution is 5.15. The van der Waals surface area contributed by atoms with Crippen LogP contribution in [0.1, 0.15) is 25.8 Å². The number of hydroxylamine groups is 1. The minimum Gasteiger partial charge on any atom is -0.302 e. The maximum absolute atomic E-state index is 5.21. The Bertz CT molecular complexity index is 235. The monoisotopic (exact) mass is 193 g/mol. The number of hydrogen-bond acceptors (Lipinski definition) is 2. The van der Waals surface area contributed by atoms with Gasteiger partial charge in [0.2, 0.25) is 0 Å². The molecule has 0 unspecified atom stereocenters. The van der Waals surface area contributed by atoms with Gasteiger partial charge in [0.15, 0.2) is 0 Å². The number of rotatable bonds is 6. The van der Waals surface area contributed by atoms with Gasteiger partial charge in [-0.2, -0.15) is 5.48 Å². The highest BCUT2D eigenvalue weighted by Gasteiger charge is 2.05. The largest absolute Gasteiger partial charge is 0.302 e. The van der Waals surface area contributed by atoms with E-state index in [1.807, 2.05) is 13.0 Å². The van der Waals surface area contributed by atoms with E-state index < -0.39 is 0 Å². The number of hydrogen-bond donors (Lipinski definition) is 1. The van der Waals surface area contributed by atoms with Crippen molar-refractivity contribution in [3.05, 3.63) is 35.9 Å². The first kappa shape index (κ1) is 11.2. The standard InChI is InChI=1S/C12H19NO/c1-3-12(13-14-4-2)10-11-8-6-5-7-9-11/h5-9,12-13H,3-4,10H2,1-2H3/t12-/m0/s1. The summed E-state index contributed by atoms with van der Waals surface area (Å²) in [5.41, 5.74) is 4.42. The minimum absolute atomic E-state index is 0.414. The Morgan fingerprint density at radius 2 is 1.93 bits per heavy atom. The van der Waals surface area contributed by atoms with Crippen molar-refractivity contribution in [3.8, 4) is 0 Å². The lowest BCUT2D eigenvalue weighted by Crippen LogP contribution is -2.30. The first-order valence-electron chi connectivity index (χ1n) is 5.28. The molecule has 1 atom stereocenters. The minimum atomic E-state index is 0.414. The second-order valence-corrected chi connectivity index (χ2v) is 3.35. The number of nitrogens with one attached hydrogen (secondary N) is 1. The maximum Gasteiger partial charge on any atom is 0.0654 e. The lowest BCUT2D eigenvalue weighted by atomic mass is 10.1. The zero-order valence-electron chi connectivity index (χ0n) is 8.99. The van der Waals surface area contributed by atoms with Crippen molar-refractivity contribution in [1.29, 1.82) is 0 Å². The summed E-state index contributed by atoms with van der Waals surface area (Å²) in [6.07, 6.45) is 2.10. The molecule has 2 nitrogen and oxygen atoms in total. The first-order chi connectivity index (χ1) is 6.86. The molecule has 1 N–H and O–H groups in total. The number of benzene rings is 1. The van der Waals surface area contributed by atoms with Gasteiger partial charge >= 0.3 is 0 Å². The van der Waals surface area contributed by atoms with E-state index in [0.29, 0.717) is 12.6 Å². The molecule has 0 saturated heterocycles. The van der Waals surface area contributed by atoms with E-state index in [1.165, 1.54) is 5.56 Å². The van der Waals surface area contributed by atoms with E-state index in [0.717, 1.165) is 12.8 Å². The highest BCUT2D eigenvalue weighted by Crippen LogP contribution is 2.05. The van der Waals surface area contributed by atoms with Crippen molar-refractivity contribution in [2.45, 2.75) is 32.7 Å². The Hall–Kier alpha value is -0.860. The van der Waals surface area contributed by atoms with Crippen LogP contribution in [0.2, 0.25) is 0 Å². The third kappa shape index (κ3) is 3.90. The van der Waals surface area contributed by atoms with Gasteiger partial charge < -0.3 is 4.84 Å². The van der Waals surface area contributed by atoms with Gasteiger partial charge in [0.25, 0.3) is 0 Å². The Labute approximate surface area is 86.2 Å². The molecule has 0 saturated carbocycles. The molecule has 0 radical (unpaired) electrons. The van der Waals surface area contributed by atoms with Gasteiger partial charge in [0.1, 0.15) is 0 Å². The SMILES string of the molecule is CCON[C@@H](CC)Cc1ccccc1. The summed E-state index contributed by atoms with van der Waals surface area (Å²) >= 11 is 0. The molecule has 14 heavy (non-hydrogen) atoms. The van der Waals surface area contributed by atoms with Gasteiger partial charge in [-0.3, -0.25) is 0 Å². The molecule has 0 amide bonds. The van der Waals surface area contributed by atoms with Crippen LogP contribution in [0.4, 0.5) is 0 Å². The van der Waals surface area contributed by atoms with E-state index in [1.54, 1.807) is 0 Å². The van der Waals surface area contributed by atoms with E-state index in [-0.39, 0.29) is 0 Å². The summed E-state index contributed by atoms with van der Waals surface area (Å²) in [5.74, 6) is 0. The molecule has 1 aromatic rings. The molecule has 2 heteroatoms. The molecular formula is C12H19NO. The van der Waals surface area contributed by atoms with Crippen molar-refractivity contribution in [2.75, 3.05) is 6.61 Å². The van der Waals surface area contributed by atoms with E-state index >= 15 is 0 Å². The van der Waals surface area contributed by atoms with Gasteiger partial charge in [-0.25, -0.2) is 0 Å². The molecule has 0 aliphatic carbocycles. The molecule has 1 rings (SSSR count). The van der Waals surface area contributed by atoms with Crippen LogP contribution in [0.5, 0.6) is 0 Å². The predicted octanol–water partition coefficient (Wildman–Crippen LogP) is 2.55. The fourth-order valence-corrected chi connectivity index (χ4v) is 1.37. The van der Waals surface area contributed by atoms with E-state index in [9.17, 15) is 0 Å². The Morgan fingerprint density at radius 1 is 1.21 bits per heavy atom. The molecule has 0 aliphatic rings. The Balaban J connectivity index is 2.40. The lowest BCUT2D eigenvalue weighted by Gasteiger charge is -2.15. The van der Waals surface area contributed by atoms with Crippen molar-refractivity contribution in [3.63, 3.8) is 0 Å². The summed E-state index contributed by atoms with van der Waals surface area (Å²) in [5, 5.41) is 0. The maximum atomic E-state index is 5.21. The molecule has 0 bridgehead atoms. The fraction of sp³-hybridized carbons (Fsp3) is 0.500. The smallest absolute Gasteiger partial charge is 0.0654 e. The molecule has 0 aromatic heterocycles. The molecular weight excluding hydrogens is 174 g/mol. The Kier molecular flexibility index (Phi) is 5.27. The summed E-state index contributed by atoms with van der Waals surface area (Å²) in [7, 11) is 0. The van der Waals surface area contributed by atoms with Crippen LogP contribution in [0.3, 0.4) is 0 Å². The topological polar surface area (TPSA) is 21.3 Å². The summed E-state index contributed by atoms with van der Waals surface area (Å²) in [6.45, 7) is 4.87. The average Bonchev–Trinajstić information content (AvgIpc) is 2.25. The van der Waals surface area contributed by atoms with E-state index in [4.69, 9.17) is 4.84 Å². The van der Waals surface area contributed by atoms with Crippen molar-refractivity contribution in [1.82, 2.24) is 5.48 Å². The molecule has 1 aromatic carbocycles. The lowest BCUT2D eigenvalue weighted by molar-refractivity contribution is 0.0236. The summed E-state index contributed by atoms with van der Waals surface area (Å²) < 4.78 is 0. The van der Waals surface area contributed by atoms with Gasteiger partial charge in [0, 0.05) is 6.04 Å². The second kappa shape index (κ2) is 6.57. The Morgan fingerprint density at radius 3 is 2.50 bits per heavy atom. The first-order valence-corrected chi connectivity index (χ1v) is 5.28. The van der Waals surface area contributed by atoms with Gasteiger partial charge in [-0.15, -0.1) is 0 Å². The molecule has 0 spiro atoms. The zero-order valence-corrected chi connectivity index (χ0v) is 8.99. The van der Waals surface area contributed by atoms with Gasteiger partial charge in [-0.05, 0) is 25.3 Å². The van der Waals surface area contributed by atoms with Crippen LogP contribution >= 0.6 is 0 Å². The van der Waals surface area contributed by atoms with Gasteiger partial charge in [-0.1, -0.05) is 37.3 Å². The van der Waals surface area contributed by atoms with Gasteiger partial charge in [0.05, 0.1) is 6.61 Å². The fourth-order valence-electron chi connectivity index (χ4n) is 1.37. The third-order valence-electron chi connectivity index (χ3n) is 2.21. The van der Waals surface area contributed by atoms with Crippen LogP contribution in [-0.2, 0) is 11.3 Å². The molecule has 78 valence electrons. The van der Waals surface area contributed by atoms with Crippen LogP contribution in [-0.4, -0.2) is 12.6 Å². The van der Waals surface area contributed by atoms with Crippen LogP contribution < -0.4 is 5.48 Å². The third-order valence-corrected chi connectivity index (χ3v) is 2.21. The highest BCUT2D eigenvalue weighted by atomic mass is 16.6. The van der Waals surface area contributed by atoms with Crippen molar-refractivity contribution in [2.24, 2.45) is 0 Å². The second-order valence-electron chi connectivity index (χ2n) is 3.35. The van der Waals surface area contributed by atoms with E-state index in [2.05, 4.69) is 36.7 Å². The average molecular weight is 193 g/mol. The normalized spacial score (nSPS) is 12.7. The quantitative estimate of drug-likeness (QED) is 0.701. The van der Waals surface area contributed by atoms with Crippen LogP contribution in [0.25, 0.3) is 0 Å². The zero-order chi connectivity index (χ0) is 10.2. The molecule has 0 aliphatic heterocycles. The molecule has 0 fully saturated rings. The predicted molar refractivity (Wildman–Crippen MR) is 59.0 cm³/mol. The van der Waals surface area contributed by atoms with Crippen LogP contribution in [0, 0.1) is 0 Å².